The van der Waals surface area contributed by atoms with Crippen molar-refractivity contribution < 1.29 is 38.5 Å². The van der Waals surface area contributed by atoms with E-state index in [-0.39, 0.29) is 5.69 Å². The number of nitro groups is 1. The molecule has 12 heteroatoms. The van der Waals surface area contributed by atoms with Crippen molar-refractivity contribution in [3.05, 3.63) is 33.9 Å². The average Bonchev–Trinajstić information content (AvgIpc) is 2.52. The molecule has 0 aliphatic carbocycles. The molecule has 134 valence electrons. The van der Waals surface area contributed by atoms with Gasteiger partial charge in [-0.25, -0.2) is 0 Å². The highest BCUT2D eigenvalue weighted by atomic mass is 19.4. The maximum absolute atomic E-state index is 12.5. The maximum Gasteiger partial charge on any atom is 0.416 e. The molecule has 0 aliphatic rings. The SMILES string of the molecule is O=[N+]([O-])c1cc(C(F)(F)F)ccc1N/N=C\[C@@H](O)[C@H](O)[C@H](O)CO. The molecular formula is C12H14F3N3O6. The van der Waals surface area contributed by atoms with Gasteiger partial charge in [0.25, 0.3) is 5.69 Å². The van der Waals surface area contributed by atoms with E-state index in [1.807, 2.05) is 0 Å². The topological polar surface area (TPSA) is 148 Å². The first-order valence-electron chi connectivity index (χ1n) is 6.37. The van der Waals surface area contributed by atoms with E-state index in [1.54, 1.807) is 0 Å². The molecule has 5 N–H and O–H groups in total. The highest BCUT2D eigenvalue weighted by Crippen LogP contribution is 2.34. The van der Waals surface area contributed by atoms with Gasteiger partial charge in [0.2, 0.25) is 0 Å². The third-order valence-electron chi connectivity index (χ3n) is 2.87. The standard InChI is InChI=1S/C12H14F3N3O6/c13-12(14,15)6-1-2-7(8(3-6)18(23)24)17-16-4-9(20)11(22)10(21)5-19/h1-4,9-11,17,19-22H,5H2/b16-4-/t9-,10-,11+/m1/s1. The molecule has 3 atom stereocenters. The van der Waals surface area contributed by atoms with E-state index in [9.17, 15) is 33.5 Å². The van der Waals surface area contributed by atoms with Gasteiger partial charge >= 0.3 is 6.18 Å². The van der Waals surface area contributed by atoms with Gasteiger partial charge in [0.15, 0.2) is 0 Å². The van der Waals surface area contributed by atoms with Gasteiger partial charge in [-0.05, 0) is 12.1 Å². The smallest absolute Gasteiger partial charge is 0.394 e. The van der Waals surface area contributed by atoms with E-state index >= 15 is 0 Å². The number of anilines is 1. The Labute approximate surface area is 132 Å². The number of halogens is 3. The Balaban J connectivity index is 2.92. The predicted octanol–water partition coefficient (Wildman–Crippen LogP) is 0.0863. The Morgan fingerprint density at radius 3 is 2.46 bits per heavy atom. The molecule has 0 unspecified atom stereocenters. The number of aliphatic hydroxyl groups excluding tert-OH is 4. The third-order valence-corrected chi connectivity index (χ3v) is 2.87. The third kappa shape index (κ3) is 5.13. The summed E-state index contributed by atoms with van der Waals surface area (Å²) in [5.74, 6) is 0. The van der Waals surface area contributed by atoms with Gasteiger partial charge in [-0.2, -0.15) is 18.3 Å². The molecule has 0 radical (unpaired) electrons. The summed E-state index contributed by atoms with van der Waals surface area (Å²) >= 11 is 0. The van der Waals surface area contributed by atoms with Crippen molar-refractivity contribution in [2.24, 2.45) is 5.10 Å². The summed E-state index contributed by atoms with van der Waals surface area (Å²) in [6, 6.07) is 1.70. The fourth-order valence-electron chi connectivity index (χ4n) is 1.56. The molecule has 1 aromatic rings. The number of nitro benzene ring substituents is 1. The van der Waals surface area contributed by atoms with Gasteiger partial charge < -0.3 is 20.4 Å². The molecule has 0 spiro atoms. The van der Waals surface area contributed by atoms with Crippen LogP contribution in [-0.4, -0.2) is 56.5 Å². The number of alkyl halides is 3. The Morgan fingerprint density at radius 1 is 1.33 bits per heavy atom. The quantitative estimate of drug-likeness (QED) is 0.265. The molecule has 0 saturated carbocycles. The number of hydrogen-bond acceptors (Lipinski definition) is 8. The first kappa shape index (κ1) is 19.8. The fraction of sp³-hybridized carbons (Fsp3) is 0.417. The van der Waals surface area contributed by atoms with Crippen LogP contribution in [0.1, 0.15) is 5.56 Å². The van der Waals surface area contributed by atoms with E-state index in [4.69, 9.17) is 10.2 Å². The highest BCUT2D eigenvalue weighted by molar-refractivity contribution is 5.68. The lowest BCUT2D eigenvalue weighted by Gasteiger charge is -2.18. The van der Waals surface area contributed by atoms with Crippen LogP contribution in [0.4, 0.5) is 24.5 Å². The zero-order valence-electron chi connectivity index (χ0n) is 11.9. The van der Waals surface area contributed by atoms with E-state index in [2.05, 4.69) is 10.5 Å². The molecule has 24 heavy (non-hydrogen) atoms. The van der Waals surface area contributed by atoms with Crippen molar-refractivity contribution in [3.63, 3.8) is 0 Å². The monoisotopic (exact) mass is 353 g/mol. The van der Waals surface area contributed by atoms with Crippen LogP contribution in [0.15, 0.2) is 23.3 Å². The van der Waals surface area contributed by atoms with Crippen molar-refractivity contribution >= 4 is 17.6 Å². The fourth-order valence-corrected chi connectivity index (χ4v) is 1.56. The summed E-state index contributed by atoms with van der Waals surface area (Å²) in [5.41, 5.74) is -0.433. The summed E-state index contributed by atoms with van der Waals surface area (Å²) in [7, 11) is 0. The van der Waals surface area contributed by atoms with Crippen molar-refractivity contribution in [2.45, 2.75) is 24.5 Å². The number of nitrogens with zero attached hydrogens (tertiary/aromatic N) is 2. The minimum absolute atomic E-state index is 0.318. The van der Waals surface area contributed by atoms with E-state index in [0.29, 0.717) is 18.3 Å². The first-order valence-corrected chi connectivity index (χ1v) is 6.37. The van der Waals surface area contributed by atoms with Crippen LogP contribution in [0, 0.1) is 10.1 Å². The Bertz CT molecular complexity index is 610. The largest absolute Gasteiger partial charge is 0.416 e. The number of hydrogen-bond donors (Lipinski definition) is 5. The second-order valence-corrected chi connectivity index (χ2v) is 4.61. The van der Waals surface area contributed by atoms with E-state index in [1.165, 1.54) is 0 Å². The number of nitrogens with one attached hydrogen (secondary N) is 1. The van der Waals surface area contributed by atoms with E-state index in [0.717, 1.165) is 6.07 Å². The minimum atomic E-state index is -4.76. The predicted molar refractivity (Wildman–Crippen MR) is 75.3 cm³/mol. The molecular weight excluding hydrogens is 339 g/mol. The first-order chi connectivity index (χ1) is 11.1. The molecule has 0 aromatic heterocycles. The van der Waals surface area contributed by atoms with E-state index < -0.39 is 47.3 Å². The zero-order valence-corrected chi connectivity index (χ0v) is 11.9. The lowest BCUT2D eigenvalue weighted by atomic mass is 10.1. The minimum Gasteiger partial charge on any atom is -0.394 e. The summed E-state index contributed by atoms with van der Waals surface area (Å²) in [5, 5.41) is 50.7. The maximum atomic E-state index is 12.5. The Morgan fingerprint density at radius 2 is 1.96 bits per heavy atom. The van der Waals surface area contributed by atoms with Gasteiger partial charge in [0.05, 0.1) is 23.3 Å². The molecule has 0 saturated heterocycles. The lowest BCUT2D eigenvalue weighted by Crippen LogP contribution is -2.40. The van der Waals surface area contributed by atoms with Crippen LogP contribution in [0.3, 0.4) is 0 Å². The summed E-state index contributed by atoms with van der Waals surface area (Å²) < 4.78 is 37.6. The van der Waals surface area contributed by atoms with Crippen molar-refractivity contribution in [1.29, 1.82) is 0 Å². The molecule has 0 bridgehead atoms. The van der Waals surface area contributed by atoms with Crippen molar-refractivity contribution in [3.8, 4) is 0 Å². The summed E-state index contributed by atoms with van der Waals surface area (Å²) in [6.45, 7) is -0.829. The molecule has 0 aliphatic heterocycles. The van der Waals surface area contributed by atoms with Gasteiger partial charge in [-0.1, -0.05) is 0 Å². The van der Waals surface area contributed by atoms with Gasteiger partial charge in [0.1, 0.15) is 24.0 Å². The molecule has 0 fully saturated rings. The average molecular weight is 353 g/mol. The molecule has 1 aromatic carbocycles. The van der Waals surface area contributed by atoms with Crippen LogP contribution in [0.2, 0.25) is 0 Å². The summed E-state index contributed by atoms with van der Waals surface area (Å²) in [4.78, 5) is 9.78. The molecule has 0 heterocycles. The number of benzene rings is 1. The van der Waals surface area contributed by atoms with Crippen LogP contribution in [0.25, 0.3) is 0 Å². The van der Waals surface area contributed by atoms with Crippen LogP contribution < -0.4 is 5.43 Å². The van der Waals surface area contributed by atoms with Crippen molar-refractivity contribution in [2.75, 3.05) is 12.0 Å². The Hall–Kier alpha value is -2.28. The van der Waals surface area contributed by atoms with Crippen LogP contribution in [-0.2, 0) is 6.18 Å². The zero-order chi connectivity index (χ0) is 18.5. The van der Waals surface area contributed by atoms with Gasteiger partial charge in [-0.3, -0.25) is 15.5 Å². The molecule has 9 nitrogen and oxygen atoms in total. The Kier molecular flexibility index (Phi) is 6.60. The summed E-state index contributed by atoms with van der Waals surface area (Å²) in [6.07, 6.45) is -9.25. The van der Waals surface area contributed by atoms with Crippen LogP contribution in [0.5, 0.6) is 0 Å². The normalized spacial score (nSPS) is 16.0. The number of hydrazone groups is 1. The molecule has 1 rings (SSSR count). The number of rotatable bonds is 7. The number of aliphatic hydroxyl groups is 4. The lowest BCUT2D eigenvalue weighted by molar-refractivity contribution is -0.384. The van der Waals surface area contributed by atoms with Gasteiger partial charge in [-0.15, -0.1) is 0 Å². The highest BCUT2D eigenvalue weighted by Gasteiger charge is 2.33. The van der Waals surface area contributed by atoms with Crippen molar-refractivity contribution in [1.82, 2.24) is 0 Å². The molecule has 0 amide bonds. The second-order valence-electron chi connectivity index (χ2n) is 4.61. The van der Waals surface area contributed by atoms with Gasteiger partial charge in [0, 0.05) is 6.07 Å². The van der Waals surface area contributed by atoms with Crippen LogP contribution >= 0.6 is 0 Å². The second kappa shape index (κ2) is 8.01.